The van der Waals surface area contributed by atoms with E-state index < -0.39 is 5.82 Å². The van der Waals surface area contributed by atoms with Crippen molar-refractivity contribution < 1.29 is 9.18 Å². The quantitative estimate of drug-likeness (QED) is 0.491. The van der Waals surface area contributed by atoms with Crippen molar-refractivity contribution in [2.75, 3.05) is 23.3 Å². The fourth-order valence-electron chi connectivity index (χ4n) is 4.79. The number of hydrogen-bond donors (Lipinski definition) is 2. The van der Waals surface area contributed by atoms with Crippen LogP contribution in [-0.2, 0) is 7.05 Å². The molecule has 1 saturated heterocycles. The number of carbonyl (C=O) groups excluding carboxylic acids is 1. The van der Waals surface area contributed by atoms with Crippen LogP contribution in [-0.4, -0.2) is 50.2 Å². The van der Waals surface area contributed by atoms with Gasteiger partial charge in [-0.3, -0.25) is 9.48 Å². The minimum atomic E-state index is -0.490. The van der Waals surface area contributed by atoms with Crippen molar-refractivity contribution in [1.82, 2.24) is 24.5 Å². The van der Waals surface area contributed by atoms with Gasteiger partial charge in [0.25, 0.3) is 5.91 Å². The number of aromatic nitrogens is 4. The summed E-state index contributed by atoms with van der Waals surface area (Å²) in [5.74, 6) is -0.813. The lowest BCUT2D eigenvalue weighted by Gasteiger charge is -2.34. The number of amides is 1. The zero-order chi connectivity index (χ0) is 22.5. The molecule has 2 N–H and O–H groups in total. The van der Waals surface area contributed by atoms with Gasteiger partial charge in [-0.1, -0.05) is 0 Å². The van der Waals surface area contributed by atoms with E-state index in [1.165, 1.54) is 25.1 Å². The summed E-state index contributed by atoms with van der Waals surface area (Å²) >= 11 is 0. The molecule has 8 nitrogen and oxygen atoms in total. The number of imidazole rings is 1. The van der Waals surface area contributed by atoms with Crippen LogP contribution in [0.25, 0.3) is 16.6 Å². The molecular weight excluding hydrogens is 421 g/mol. The average molecular weight is 448 g/mol. The average Bonchev–Trinajstić information content (AvgIpc) is 3.32. The molecule has 0 radical (unpaired) electrons. The van der Waals surface area contributed by atoms with Gasteiger partial charge in [0.05, 0.1) is 11.3 Å². The third kappa shape index (κ3) is 3.82. The second kappa shape index (κ2) is 7.84. The van der Waals surface area contributed by atoms with Gasteiger partial charge in [0.1, 0.15) is 5.52 Å². The molecule has 1 aliphatic heterocycles. The molecule has 1 saturated carbocycles. The fourth-order valence-corrected chi connectivity index (χ4v) is 4.79. The Morgan fingerprint density at radius 3 is 2.70 bits per heavy atom. The molecule has 3 aromatic heterocycles. The van der Waals surface area contributed by atoms with Gasteiger partial charge in [-0.25, -0.2) is 9.37 Å². The Morgan fingerprint density at radius 2 is 1.91 bits per heavy atom. The highest BCUT2D eigenvalue weighted by Gasteiger charge is 2.28. The van der Waals surface area contributed by atoms with Crippen molar-refractivity contribution in [3.05, 3.63) is 54.4 Å². The van der Waals surface area contributed by atoms with Gasteiger partial charge in [-0.2, -0.15) is 5.10 Å². The molecule has 6 rings (SSSR count). The van der Waals surface area contributed by atoms with Gasteiger partial charge in [-0.15, -0.1) is 0 Å². The molecule has 0 atom stereocenters. The van der Waals surface area contributed by atoms with Crippen molar-refractivity contribution in [1.29, 1.82) is 0 Å². The van der Waals surface area contributed by atoms with Crippen molar-refractivity contribution in [3.63, 3.8) is 0 Å². The van der Waals surface area contributed by atoms with Crippen LogP contribution in [0.1, 0.15) is 36.0 Å². The molecule has 2 fully saturated rings. The third-order valence-electron chi connectivity index (χ3n) is 6.60. The number of fused-ring (bicyclic) bond motifs is 2. The third-order valence-corrected chi connectivity index (χ3v) is 6.60. The molecule has 0 spiro atoms. The normalized spacial score (nSPS) is 17.2. The monoisotopic (exact) mass is 447 g/mol. The van der Waals surface area contributed by atoms with E-state index in [1.54, 1.807) is 21.5 Å². The van der Waals surface area contributed by atoms with Crippen LogP contribution >= 0.6 is 0 Å². The van der Waals surface area contributed by atoms with Gasteiger partial charge in [-0.05, 0) is 37.8 Å². The second-order valence-corrected chi connectivity index (χ2v) is 9.09. The first-order chi connectivity index (χ1) is 16.0. The van der Waals surface area contributed by atoms with Gasteiger partial charge in [0, 0.05) is 74.1 Å². The number of aryl methyl sites for hydroxylation is 1. The molecule has 170 valence electrons. The number of pyridine rings is 1. The van der Waals surface area contributed by atoms with Crippen molar-refractivity contribution >= 4 is 33.8 Å². The summed E-state index contributed by atoms with van der Waals surface area (Å²) in [4.78, 5) is 19.5. The van der Waals surface area contributed by atoms with E-state index in [1.807, 2.05) is 25.4 Å². The maximum absolute atomic E-state index is 14.3. The van der Waals surface area contributed by atoms with Crippen LogP contribution in [0.2, 0.25) is 0 Å². The Hall–Kier alpha value is -3.46. The Labute approximate surface area is 190 Å². The standard InChI is InChI=1S/C24H26FN7O/c1-30-14-19-21(31-9-6-16(7-10-31)27-15-2-3-15)5-4-18(22(19)29-30)24(33)28-17-12-20(25)23-26-8-11-32(23)13-17/h4-5,8,11-16,27H,2-3,6-7,9-10H2,1H3,(H,28,33). The van der Waals surface area contributed by atoms with Gasteiger partial charge in [0.2, 0.25) is 0 Å². The van der Waals surface area contributed by atoms with Crippen molar-refractivity contribution in [3.8, 4) is 0 Å². The lowest BCUT2D eigenvalue weighted by Crippen LogP contribution is -2.43. The van der Waals surface area contributed by atoms with E-state index in [0.717, 1.165) is 43.0 Å². The molecule has 0 bridgehead atoms. The summed E-state index contributed by atoms with van der Waals surface area (Å²) in [5, 5.41) is 12.1. The summed E-state index contributed by atoms with van der Waals surface area (Å²) in [7, 11) is 1.86. The second-order valence-electron chi connectivity index (χ2n) is 9.09. The molecule has 4 heterocycles. The largest absolute Gasteiger partial charge is 0.371 e. The van der Waals surface area contributed by atoms with Crippen LogP contribution in [0, 0.1) is 5.82 Å². The number of halogens is 1. The number of benzene rings is 1. The van der Waals surface area contributed by atoms with Crippen molar-refractivity contribution in [2.24, 2.45) is 7.05 Å². The number of hydrogen-bond acceptors (Lipinski definition) is 5. The number of anilines is 2. The molecule has 0 unspecified atom stereocenters. The first-order valence-electron chi connectivity index (χ1n) is 11.5. The lowest BCUT2D eigenvalue weighted by atomic mass is 10.0. The number of piperidine rings is 1. The number of nitrogens with zero attached hydrogens (tertiary/aromatic N) is 5. The first kappa shape index (κ1) is 20.2. The highest BCUT2D eigenvalue weighted by atomic mass is 19.1. The highest BCUT2D eigenvalue weighted by Crippen LogP contribution is 2.32. The molecule has 9 heteroatoms. The van der Waals surface area contributed by atoms with E-state index >= 15 is 0 Å². The minimum Gasteiger partial charge on any atom is -0.371 e. The van der Waals surface area contributed by atoms with E-state index in [9.17, 15) is 9.18 Å². The maximum Gasteiger partial charge on any atom is 0.257 e. The van der Waals surface area contributed by atoms with Gasteiger partial charge < -0.3 is 19.9 Å². The Morgan fingerprint density at radius 1 is 1.12 bits per heavy atom. The van der Waals surface area contributed by atoms with E-state index in [2.05, 4.69) is 25.6 Å². The molecule has 1 aromatic carbocycles. The molecule has 33 heavy (non-hydrogen) atoms. The van der Waals surface area contributed by atoms with Gasteiger partial charge >= 0.3 is 0 Å². The Kier molecular flexibility index (Phi) is 4.79. The zero-order valence-corrected chi connectivity index (χ0v) is 18.5. The smallest absolute Gasteiger partial charge is 0.257 e. The maximum atomic E-state index is 14.3. The zero-order valence-electron chi connectivity index (χ0n) is 18.5. The topological polar surface area (TPSA) is 79.5 Å². The van der Waals surface area contributed by atoms with E-state index in [4.69, 9.17) is 0 Å². The summed E-state index contributed by atoms with van der Waals surface area (Å²) < 4.78 is 17.6. The number of nitrogens with one attached hydrogen (secondary N) is 2. The van der Waals surface area contributed by atoms with Crippen LogP contribution < -0.4 is 15.5 Å². The molecule has 1 amide bonds. The summed E-state index contributed by atoms with van der Waals surface area (Å²) in [6.07, 6.45) is 11.6. The molecule has 4 aromatic rings. The van der Waals surface area contributed by atoms with Crippen molar-refractivity contribution in [2.45, 2.75) is 37.8 Å². The van der Waals surface area contributed by atoms with Crippen LogP contribution in [0.3, 0.4) is 0 Å². The van der Waals surface area contributed by atoms with E-state index in [-0.39, 0.29) is 11.6 Å². The first-order valence-corrected chi connectivity index (χ1v) is 11.5. The number of rotatable bonds is 5. The lowest BCUT2D eigenvalue weighted by molar-refractivity contribution is 0.102. The van der Waals surface area contributed by atoms with Crippen LogP contribution in [0.5, 0.6) is 0 Å². The predicted molar refractivity (Wildman–Crippen MR) is 125 cm³/mol. The Balaban J connectivity index is 1.26. The van der Waals surface area contributed by atoms with Gasteiger partial charge in [0.15, 0.2) is 11.5 Å². The summed E-state index contributed by atoms with van der Waals surface area (Å²) in [6.45, 7) is 1.95. The Bertz CT molecular complexity index is 1350. The predicted octanol–water partition coefficient (Wildman–Crippen LogP) is 3.33. The fraction of sp³-hybridized carbons (Fsp3) is 0.375. The molecular formula is C24H26FN7O. The minimum absolute atomic E-state index is 0.223. The summed E-state index contributed by atoms with van der Waals surface area (Å²) in [5.41, 5.74) is 2.80. The summed E-state index contributed by atoms with van der Waals surface area (Å²) in [6, 6.07) is 6.43. The SMILES string of the molecule is Cn1cc2c(N3CCC(NC4CC4)CC3)ccc(C(=O)Nc3cc(F)c4nccn4c3)c2n1. The molecule has 2 aliphatic rings. The number of carbonyl (C=O) groups is 1. The van der Waals surface area contributed by atoms with Crippen LogP contribution in [0.15, 0.2) is 43.0 Å². The van der Waals surface area contributed by atoms with E-state index in [0.29, 0.717) is 22.8 Å². The van der Waals surface area contributed by atoms with Crippen LogP contribution in [0.4, 0.5) is 15.8 Å². The highest BCUT2D eigenvalue weighted by molar-refractivity contribution is 6.13. The molecule has 1 aliphatic carbocycles.